The Hall–Kier alpha value is -2.99. The Morgan fingerprint density at radius 2 is 1.81 bits per heavy atom. The summed E-state index contributed by atoms with van der Waals surface area (Å²) in [6, 6.07) is 18.0. The number of benzene rings is 2. The smallest absolute Gasteiger partial charge is 0.251 e. The van der Waals surface area contributed by atoms with E-state index in [1.165, 1.54) is 5.56 Å². The number of nitrogens with zero attached hydrogens (tertiary/aromatic N) is 4. The Morgan fingerprint density at radius 3 is 2.54 bits per heavy atom. The lowest BCUT2D eigenvalue weighted by molar-refractivity contribution is 0.0963. The number of carbonyl (C=O) groups is 1. The van der Waals surface area contributed by atoms with Crippen molar-refractivity contribution >= 4 is 5.91 Å². The molecule has 0 atom stereocenters. The maximum Gasteiger partial charge on any atom is 0.251 e. The molecule has 6 nitrogen and oxygen atoms in total. The molecule has 3 aromatic rings. The van der Waals surface area contributed by atoms with Gasteiger partial charge in [-0.25, -0.2) is 0 Å². The molecule has 0 spiro atoms. The number of nitrogens with one attached hydrogen (secondary N) is 1. The van der Waals surface area contributed by atoms with Crippen molar-refractivity contribution < 1.29 is 4.79 Å². The molecule has 132 valence electrons. The van der Waals surface area contributed by atoms with Crippen molar-refractivity contribution in [3.05, 3.63) is 71.5 Å². The topological polar surface area (TPSA) is 63.1 Å². The predicted molar refractivity (Wildman–Crippen MR) is 99.4 cm³/mol. The molecular formula is C20H21N5O. The maximum atomic E-state index is 11.6. The second-order valence-electron chi connectivity index (χ2n) is 6.44. The van der Waals surface area contributed by atoms with Crippen LogP contribution >= 0.6 is 0 Å². The Morgan fingerprint density at radius 1 is 1.04 bits per heavy atom. The highest BCUT2D eigenvalue weighted by Crippen LogP contribution is 2.22. The summed E-state index contributed by atoms with van der Waals surface area (Å²) >= 11 is 0. The van der Waals surface area contributed by atoms with E-state index in [9.17, 15) is 4.79 Å². The van der Waals surface area contributed by atoms with E-state index in [4.69, 9.17) is 0 Å². The summed E-state index contributed by atoms with van der Waals surface area (Å²) in [6.45, 7) is 3.43. The molecule has 2 heterocycles. The zero-order valence-corrected chi connectivity index (χ0v) is 14.7. The fourth-order valence-corrected chi connectivity index (χ4v) is 3.31. The van der Waals surface area contributed by atoms with E-state index in [-0.39, 0.29) is 5.91 Å². The van der Waals surface area contributed by atoms with Gasteiger partial charge in [-0.2, -0.15) is 0 Å². The predicted octanol–water partition coefficient (Wildman–Crippen LogP) is 2.32. The van der Waals surface area contributed by atoms with E-state index in [1.807, 2.05) is 42.5 Å². The average Bonchev–Trinajstić information content (AvgIpc) is 3.12. The van der Waals surface area contributed by atoms with Gasteiger partial charge in [0, 0.05) is 37.8 Å². The van der Waals surface area contributed by atoms with E-state index >= 15 is 0 Å². The lowest BCUT2D eigenvalue weighted by Crippen LogP contribution is -2.33. The van der Waals surface area contributed by atoms with Crippen LogP contribution in [0.3, 0.4) is 0 Å². The van der Waals surface area contributed by atoms with Crippen LogP contribution in [0.25, 0.3) is 11.4 Å². The molecular weight excluding hydrogens is 326 g/mol. The summed E-state index contributed by atoms with van der Waals surface area (Å²) in [5.41, 5.74) is 2.97. The van der Waals surface area contributed by atoms with E-state index in [1.54, 1.807) is 7.05 Å². The van der Waals surface area contributed by atoms with Gasteiger partial charge >= 0.3 is 0 Å². The molecule has 1 amide bonds. The van der Waals surface area contributed by atoms with E-state index in [2.05, 4.69) is 37.1 Å². The van der Waals surface area contributed by atoms with Crippen LogP contribution in [0.1, 0.15) is 21.7 Å². The summed E-state index contributed by atoms with van der Waals surface area (Å²) < 4.78 is 2.21. The summed E-state index contributed by atoms with van der Waals surface area (Å²) in [7, 11) is 1.64. The van der Waals surface area contributed by atoms with E-state index < -0.39 is 0 Å². The minimum absolute atomic E-state index is 0.0592. The molecule has 6 heteroatoms. The van der Waals surface area contributed by atoms with Crippen molar-refractivity contribution in [1.82, 2.24) is 25.0 Å². The van der Waals surface area contributed by atoms with E-state index in [0.717, 1.165) is 43.4 Å². The first-order valence-corrected chi connectivity index (χ1v) is 8.75. The lowest BCUT2D eigenvalue weighted by atomic mass is 10.1. The second kappa shape index (κ2) is 7.09. The summed E-state index contributed by atoms with van der Waals surface area (Å²) in [5.74, 6) is 1.88. The second-order valence-corrected chi connectivity index (χ2v) is 6.44. The number of rotatable bonds is 4. The van der Waals surface area contributed by atoms with Crippen LogP contribution in [-0.4, -0.2) is 39.2 Å². The summed E-state index contributed by atoms with van der Waals surface area (Å²) in [5, 5.41) is 11.4. The zero-order valence-electron chi connectivity index (χ0n) is 14.7. The molecule has 26 heavy (non-hydrogen) atoms. The number of hydrogen-bond acceptors (Lipinski definition) is 4. The molecule has 1 N–H and O–H groups in total. The van der Waals surface area contributed by atoms with Crippen molar-refractivity contribution in [2.45, 2.75) is 19.6 Å². The monoisotopic (exact) mass is 347 g/mol. The molecule has 1 aliphatic heterocycles. The number of amides is 1. The average molecular weight is 347 g/mol. The van der Waals surface area contributed by atoms with Crippen LogP contribution in [0.15, 0.2) is 54.6 Å². The standard InChI is InChI=1S/C20H21N5O/c1-21-20(26)17-9-7-15(8-10-17)13-24-11-12-25-18(14-24)22-23-19(25)16-5-3-2-4-6-16/h2-10H,11-14H2,1H3,(H,21,26). The molecule has 1 aliphatic rings. The molecule has 0 aliphatic carbocycles. The van der Waals surface area contributed by atoms with Gasteiger partial charge in [-0.3, -0.25) is 9.69 Å². The third-order valence-corrected chi connectivity index (χ3v) is 4.71. The maximum absolute atomic E-state index is 11.6. The third-order valence-electron chi connectivity index (χ3n) is 4.71. The minimum Gasteiger partial charge on any atom is -0.355 e. The molecule has 0 unspecified atom stereocenters. The third kappa shape index (κ3) is 3.23. The minimum atomic E-state index is -0.0592. The normalized spacial score (nSPS) is 14.0. The molecule has 0 saturated heterocycles. The largest absolute Gasteiger partial charge is 0.355 e. The van der Waals surface area contributed by atoms with Gasteiger partial charge in [-0.05, 0) is 17.7 Å². The van der Waals surface area contributed by atoms with Crippen LogP contribution in [-0.2, 0) is 19.6 Å². The van der Waals surface area contributed by atoms with Crippen LogP contribution in [0.5, 0.6) is 0 Å². The van der Waals surface area contributed by atoms with Crippen LogP contribution in [0.4, 0.5) is 0 Å². The van der Waals surface area contributed by atoms with Crippen LogP contribution in [0, 0.1) is 0 Å². The van der Waals surface area contributed by atoms with Gasteiger partial charge in [-0.15, -0.1) is 10.2 Å². The van der Waals surface area contributed by atoms with Gasteiger partial charge in [0.2, 0.25) is 0 Å². The number of aromatic nitrogens is 3. The highest BCUT2D eigenvalue weighted by atomic mass is 16.1. The van der Waals surface area contributed by atoms with Crippen molar-refractivity contribution in [3.63, 3.8) is 0 Å². The van der Waals surface area contributed by atoms with Gasteiger partial charge in [0.15, 0.2) is 5.82 Å². The van der Waals surface area contributed by atoms with Gasteiger partial charge in [-0.1, -0.05) is 42.5 Å². The Labute approximate surface area is 152 Å². The Bertz CT molecular complexity index is 902. The first-order valence-electron chi connectivity index (χ1n) is 8.75. The molecule has 0 saturated carbocycles. The van der Waals surface area contributed by atoms with Crippen LogP contribution in [0.2, 0.25) is 0 Å². The lowest BCUT2D eigenvalue weighted by Gasteiger charge is -2.27. The first-order chi connectivity index (χ1) is 12.7. The number of hydrogen-bond donors (Lipinski definition) is 1. The van der Waals surface area contributed by atoms with Crippen molar-refractivity contribution in [2.75, 3.05) is 13.6 Å². The van der Waals surface area contributed by atoms with Crippen molar-refractivity contribution in [1.29, 1.82) is 0 Å². The summed E-state index contributed by atoms with van der Waals surface area (Å²) in [4.78, 5) is 14.0. The zero-order chi connectivity index (χ0) is 17.9. The van der Waals surface area contributed by atoms with Gasteiger partial charge < -0.3 is 9.88 Å². The SMILES string of the molecule is CNC(=O)c1ccc(CN2CCn3c(nnc3-c3ccccc3)C2)cc1. The molecule has 4 rings (SSSR count). The molecule has 0 radical (unpaired) electrons. The molecule has 2 aromatic carbocycles. The molecule has 0 fully saturated rings. The highest BCUT2D eigenvalue weighted by molar-refractivity contribution is 5.93. The fraction of sp³-hybridized carbons (Fsp3) is 0.250. The molecule has 1 aromatic heterocycles. The summed E-state index contributed by atoms with van der Waals surface area (Å²) in [6.07, 6.45) is 0. The fourth-order valence-electron chi connectivity index (χ4n) is 3.31. The Kier molecular flexibility index (Phi) is 4.50. The van der Waals surface area contributed by atoms with Gasteiger partial charge in [0.05, 0.1) is 6.54 Å². The van der Waals surface area contributed by atoms with Gasteiger partial charge in [0.25, 0.3) is 5.91 Å². The molecule has 0 bridgehead atoms. The van der Waals surface area contributed by atoms with Crippen LogP contribution < -0.4 is 5.32 Å². The number of fused-ring (bicyclic) bond motifs is 1. The quantitative estimate of drug-likeness (QED) is 0.787. The Balaban J connectivity index is 1.46. The highest BCUT2D eigenvalue weighted by Gasteiger charge is 2.21. The van der Waals surface area contributed by atoms with E-state index in [0.29, 0.717) is 5.56 Å². The first kappa shape index (κ1) is 16.5. The van der Waals surface area contributed by atoms with Gasteiger partial charge in [0.1, 0.15) is 5.82 Å². The van der Waals surface area contributed by atoms with Crippen molar-refractivity contribution in [2.24, 2.45) is 0 Å². The van der Waals surface area contributed by atoms with Crippen molar-refractivity contribution in [3.8, 4) is 11.4 Å². The number of carbonyl (C=O) groups excluding carboxylic acids is 1.